The lowest BCUT2D eigenvalue weighted by molar-refractivity contribution is -0.127. The summed E-state index contributed by atoms with van der Waals surface area (Å²) < 4.78 is 15.5. The summed E-state index contributed by atoms with van der Waals surface area (Å²) in [4.78, 5) is 18.4. The van der Waals surface area contributed by atoms with Gasteiger partial charge in [0.2, 0.25) is 5.91 Å². The molecule has 2 heterocycles. The third-order valence-corrected chi connectivity index (χ3v) is 7.47. The van der Waals surface area contributed by atoms with Crippen LogP contribution in [0.1, 0.15) is 48.8 Å². The zero-order valence-corrected chi connectivity index (χ0v) is 19.3. The van der Waals surface area contributed by atoms with Gasteiger partial charge in [0.1, 0.15) is 11.0 Å². The number of aryl methyl sites for hydroxylation is 1. The van der Waals surface area contributed by atoms with Gasteiger partial charge in [0.25, 0.3) is 0 Å². The van der Waals surface area contributed by atoms with Crippen LogP contribution in [0.5, 0.6) is 0 Å². The zero-order chi connectivity index (χ0) is 22.5. The molecule has 0 spiro atoms. The van der Waals surface area contributed by atoms with Gasteiger partial charge in [0.15, 0.2) is 0 Å². The van der Waals surface area contributed by atoms with E-state index < -0.39 is 11.0 Å². The topological polar surface area (TPSA) is 62.3 Å². The summed E-state index contributed by atoms with van der Waals surface area (Å²) in [7, 11) is -1.35. The van der Waals surface area contributed by atoms with Crippen molar-refractivity contribution < 1.29 is 9.00 Å². The molecule has 1 amide bonds. The number of nitrogens with one attached hydrogen (secondary N) is 1. The van der Waals surface area contributed by atoms with Crippen LogP contribution in [0.4, 0.5) is 0 Å². The first kappa shape index (κ1) is 22.4. The summed E-state index contributed by atoms with van der Waals surface area (Å²) in [5, 5.41) is 3.12. The van der Waals surface area contributed by atoms with E-state index >= 15 is 0 Å². The van der Waals surface area contributed by atoms with Crippen LogP contribution in [0.3, 0.4) is 0 Å². The smallest absolute Gasteiger partial charge is 0.224 e. The molecule has 5 nitrogen and oxygen atoms in total. The van der Waals surface area contributed by atoms with Gasteiger partial charge in [-0.15, -0.1) is 0 Å². The van der Waals surface area contributed by atoms with E-state index in [1.54, 1.807) is 0 Å². The Labute approximate surface area is 192 Å². The van der Waals surface area contributed by atoms with Crippen molar-refractivity contribution in [2.75, 3.05) is 6.54 Å². The van der Waals surface area contributed by atoms with Crippen LogP contribution in [0.25, 0.3) is 0 Å². The molecule has 4 rings (SSSR count). The van der Waals surface area contributed by atoms with Crippen LogP contribution < -0.4 is 5.32 Å². The largest absolute Gasteiger partial charge is 0.348 e. The van der Waals surface area contributed by atoms with Gasteiger partial charge in [0.05, 0.1) is 22.5 Å². The maximum atomic E-state index is 13.5. The molecule has 1 aliphatic rings. The number of hydrogen-bond donors (Lipinski definition) is 1. The molecule has 1 saturated heterocycles. The number of hydrogen-bond acceptors (Lipinski definition) is 3. The summed E-state index contributed by atoms with van der Waals surface area (Å²) in [6.07, 6.45) is 1.53. The molecule has 1 N–H and O–H groups in total. The van der Waals surface area contributed by atoms with E-state index in [1.165, 1.54) is 0 Å². The first-order valence-corrected chi connectivity index (χ1v) is 12.2. The fourth-order valence-electron chi connectivity index (χ4n) is 4.23. The molecule has 3 unspecified atom stereocenters. The third kappa shape index (κ3) is 5.14. The van der Waals surface area contributed by atoms with E-state index in [0.717, 1.165) is 34.7 Å². The van der Waals surface area contributed by atoms with E-state index in [0.29, 0.717) is 6.54 Å². The van der Waals surface area contributed by atoms with E-state index in [4.69, 9.17) is 0 Å². The monoisotopic (exact) mass is 447 g/mol. The Morgan fingerprint density at radius 3 is 2.38 bits per heavy atom. The Kier molecular flexibility index (Phi) is 7.12. The number of aromatic nitrogens is 1. The molecule has 166 valence electrons. The molecule has 1 aliphatic heterocycles. The predicted octanol–water partition coefficient (Wildman–Crippen LogP) is 4.74. The first-order valence-electron chi connectivity index (χ1n) is 11.1. The van der Waals surface area contributed by atoms with E-state index in [1.807, 2.05) is 84.9 Å². The van der Waals surface area contributed by atoms with Gasteiger partial charge >= 0.3 is 0 Å². The van der Waals surface area contributed by atoms with Crippen LogP contribution in [-0.4, -0.2) is 26.0 Å². The highest BCUT2D eigenvalue weighted by atomic mass is 32.2. The van der Waals surface area contributed by atoms with Crippen molar-refractivity contribution in [3.8, 4) is 0 Å². The molecular formula is C26H29N3O2S. The van der Waals surface area contributed by atoms with Gasteiger partial charge in [-0.1, -0.05) is 54.6 Å². The first-order chi connectivity index (χ1) is 15.5. The SMILES string of the molecule is Cc1cccc(C(C)NC(=O)[C@@H]2CCC(c3ccccc3)N(S(=O)c3ccccc3)C2)n1. The number of carbonyl (C=O) groups excluding carboxylic acids is 1. The van der Waals surface area contributed by atoms with Crippen molar-refractivity contribution in [2.24, 2.45) is 5.92 Å². The van der Waals surface area contributed by atoms with Crippen molar-refractivity contribution in [1.82, 2.24) is 14.6 Å². The molecule has 0 saturated carbocycles. The van der Waals surface area contributed by atoms with Crippen LogP contribution in [-0.2, 0) is 15.8 Å². The Hall–Kier alpha value is -2.83. The van der Waals surface area contributed by atoms with Crippen LogP contribution in [0.2, 0.25) is 0 Å². The average molecular weight is 448 g/mol. The Morgan fingerprint density at radius 2 is 1.69 bits per heavy atom. The van der Waals surface area contributed by atoms with Crippen molar-refractivity contribution >= 4 is 16.9 Å². The van der Waals surface area contributed by atoms with E-state index in [2.05, 4.69) is 22.4 Å². The summed E-state index contributed by atoms with van der Waals surface area (Å²) in [6.45, 7) is 4.34. The van der Waals surface area contributed by atoms with Gasteiger partial charge in [-0.2, -0.15) is 0 Å². The summed E-state index contributed by atoms with van der Waals surface area (Å²) >= 11 is 0. The second kappa shape index (κ2) is 10.2. The number of nitrogens with zero attached hydrogens (tertiary/aromatic N) is 2. The second-order valence-corrected chi connectivity index (χ2v) is 9.74. The molecule has 0 radical (unpaired) electrons. The Morgan fingerprint density at radius 1 is 1.00 bits per heavy atom. The van der Waals surface area contributed by atoms with Crippen molar-refractivity contribution in [2.45, 2.75) is 43.7 Å². The van der Waals surface area contributed by atoms with Crippen LogP contribution in [0, 0.1) is 12.8 Å². The fraction of sp³-hybridized carbons (Fsp3) is 0.308. The predicted molar refractivity (Wildman–Crippen MR) is 127 cm³/mol. The summed E-state index contributed by atoms with van der Waals surface area (Å²) in [5.41, 5.74) is 2.91. The molecule has 1 fully saturated rings. The molecule has 4 atom stereocenters. The lowest BCUT2D eigenvalue weighted by atomic mass is 9.90. The van der Waals surface area contributed by atoms with Gasteiger partial charge in [-0.25, -0.2) is 8.51 Å². The highest BCUT2D eigenvalue weighted by molar-refractivity contribution is 7.82. The van der Waals surface area contributed by atoms with Crippen molar-refractivity contribution in [3.63, 3.8) is 0 Å². The van der Waals surface area contributed by atoms with Crippen LogP contribution >= 0.6 is 0 Å². The minimum Gasteiger partial charge on any atom is -0.348 e. The maximum absolute atomic E-state index is 13.5. The Balaban J connectivity index is 1.53. The lowest BCUT2D eigenvalue weighted by Crippen LogP contribution is -2.45. The number of pyridine rings is 1. The molecule has 2 aromatic carbocycles. The van der Waals surface area contributed by atoms with Crippen molar-refractivity contribution in [1.29, 1.82) is 0 Å². The van der Waals surface area contributed by atoms with Crippen molar-refractivity contribution in [3.05, 3.63) is 95.8 Å². The quantitative estimate of drug-likeness (QED) is 0.594. The number of amides is 1. The summed E-state index contributed by atoms with van der Waals surface area (Å²) in [6, 6.07) is 25.3. The molecule has 3 aromatic rings. The minimum absolute atomic E-state index is 0.0113. The van der Waals surface area contributed by atoms with Gasteiger partial charge in [-0.3, -0.25) is 9.78 Å². The molecule has 0 aliphatic carbocycles. The van der Waals surface area contributed by atoms with Gasteiger partial charge in [0, 0.05) is 18.3 Å². The standard InChI is InChI=1S/C26H29N3O2S/c1-19-10-9-15-24(27-19)20(2)28-26(30)22-16-17-25(21-11-5-3-6-12-21)29(18-22)32(31)23-13-7-4-8-14-23/h3-15,20,22,25H,16-18H2,1-2H3,(H,28,30)/t20?,22-,25?,32?/m1/s1. The fourth-order valence-corrected chi connectivity index (χ4v) is 5.66. The highest BCUT2D eigenvalue weighted by Crippen LogP contribution is 2.36. The van der Waals surface area contributed by atoms with Crippen LogP contribution in [0.15, 0.2) is 83.8 Å². The molecule has 1 aromatic heterocycles. The third-order valence-electron chi connectivity index (χ3n) is 5.96. The summed E-state index contributed by atoms with van der Waals surface area (Å²) in [5.74, 6) is -0.239. The maximum Gasteiger partial charge on any atom is 0.224 e. The highest BCUT2D eigenvalue weighted by Gasteiger charge is 2.36. The average Bonchev–Trinajstić information content (AvgIpc) is 2.84. The van der Waals surface area contributed by atoms with Gasteiger partial charge in [-0.05, 0) is 56.5 Å². The molecule has 32 heavy (non-hydrogen) atoms. The molecular weight excluding hydrogens is 418 g/mol. The minimum atomic E-state index is -1.35. The molecule has 0 bridgehead atoms. The van der Waals surface area contributed by atoms with E-state index in [-0.39, 0.29) is 23.9 Å². The number of piperidine rings is 1. The molecule has 6 heteroatoms. The number of benzene rings is 2. The number of rotatable bonds is 6. The Bertz CT molecular complexity index is 1070. The lowest BCUT2D eigenvalue weighted by Gasteiger charge is -2.38. The number of carbonyl (C=O) groups is 1. The van der Waals surface area contributed by atoms with E-state index in [9.17, 15) is 9.00 Å². The normalized spacial score (nSPS) is 20.9. The van der Waals surface area contributed by atoms with Gasteiger partial charge < -0.3 is 5.32 Å². The second-order valence-electron chi connectivity index (χ2n) is 8.30. The zero-order valence-electron chi connectivity index (χ0n) is 18.5.